The summed E-state index contributed by atoms with van der Waals surface area (Å²) in [7, 11) is 2.09. The Morgan fingerprint density at radius 1 is 1.26 bits per heavy atom. The maximum absolute atomic E-state index is 13.8. The van der Waals surface area contributed by atoms with Gasteiger partial charge in [0.25, 0.3) is 0 Å². The van der Waals surface area contributed by atoms with Crippen LogP contribution in [0.25, 0.3) is 0 Å². The Kier molecular flexibility index (Phi) is 7.48. The number of amides is 1. The summed E-state index contributed by atoms with van der Waals surface area (Å²) >= 11 is 0. The molecule has 0 aromatic rings. The van der Waals surface area contributed by atoms with Crippen LogP contribution >= 0.6 is 0 Å². The number of hydrogen-bond donors (Lipinski definition) is 3. The van der Waals surface area contributed by atoms with Crippen LogP contribution in [0.5, 0.6) is 0 Å². The van der Waals surface area contributed by atoms with E-state index in [0.29, 0.717) is 37.9 Å². The van der Waals surface area contributed by atoms with Crippen LogP contribution < -0.4 is 16.2 Å². The van der Waals surface area contributed by atoms with Crippen LogP contribution in [0, 0.1) is 29.6 Å². The predicted molar refractivity (Wildman–Crippen MR) is 126 cm³/mol. The first kappa shape index (κ1) is 25.4. The minimum absolute atomic E-state index is 0.0733. The van der Waals surface area contributed by atoms with Gasteiger partial charge in [-0.2, -0.15) is 13.2 Å². The van der Waals surface area contributed by atoms with Crippen LogP contribution in [0.4, 0.5) is 13.2 Å². The summed E-state index contributed by atoms with van der Waals surface area (Å²) in [5, 5.41) is 3.71. The van der Waals surface area contributed by atoms with Gasteiger partial charge in [-0.1, -0.05) is 25.0 Å². The van der Waals surface area contributed by atoms with Gasteiger partial charge in [-0.05, 0) is 63.3 Å². The van der Waals surface area contributed by atoms with E-state index in [1.807, 2.05) is 0 Å². The van der Waals surface area contributed by atoms with E-state index in [0.717, 1.165) is 32.4 Å². The minimum Gasteiger partial charge on any atom is -0.377 e. The molecule has 3 N–H and O–H groups in total. The summed E-state index contributed by atoms with van der Waals surface area (Å²) in [5.74, 6) is -1.75. The molecular weight excluding hydrogens is 459 g/mol. The van der Waals surface area contributed by atoms with E-state index in [9.17, 15) is 18.0 Å². The highest BCUT2D eigenvalue weighted by molar-refractivity contribution is 5.82. The second kappa shape index (κ2) is 10.3. The Bertz CT molecular complexity index is 808. The molecule has 0 spiro atoms. The molecule has 1 saturated carbocycles. The molecule has 1 amide bonds. The third kappa shape index (κ3) is 5.28. The quantitative estimate of drug-likeness (QED) is 0.506. The monoisotopic (exact) mass is 499 g/mol. The molecule has 1 aliphatic carbocycles. The minimum atomic E-state index is -4.24. The number of carbonyl (C=O) groups excluding carboxylic acids is 1. The van der Waals surface area contributed by atoms with E-state index in [2.05, 4.69) is 41.1 Å². The average molecular weight is 500 g/mol. The normalized spacial score (nSPS) is 40.0. The summed E-state index contributed by atoms with van der Waals surface area (Å²) in [4.78, 5) is 17.5. The third-order valence-corrected chi connectivity index (χ3v) is 9.30. The molecule has 5 aliphatic rings. The number of fused-ring (bicyclic) bond motifs is 1. The lowest BCUT2D eigenvalue weighted by molar-refractivity contribution is -0.198. The fraction of sp³-hybridized carbons (Fsp3) is 0.880. The van der Waals surface area contributed by atoms with Gasteiger partial charge in [-0.15, -0.1) is 0 Å². The van der Waals surface area contributed by atoms with E-state index < -0.39 is 23.9 Å². The third-order valence-electron chi connectivity index (χ3n) is 9.30. The Morgan fingerprint density at radius 3 is 2.77 bits per heavy atom. The number of hydrogen-bond acceptors (Lipinski definition) is 6. The van der Waals surface area contributed by atoms with E-state index in [-0.39, 0.29) is 37.2 Å². The number of likely N-dealkylation sites (tertiary alicyclic amines) is 1. The van der Waals surface area contributed by atoms with E-state index in [1.165, 1.54) is 5.57 Å². The van der Waals surface area contributed by atoms with Gasteiger partial charge in [0.1, 0.15) is 0 Å². The highest BCUT2D eigenvalue weighted by atomic mass is 19.4. The number of alkyl halides is 3. The molecule has 0 bridgehead atoms. The lowest BCUT2D eigenvalue weighted by Crippen LogP contribution is -2.57. The average Bonchev–Trinajstić information content (AvgIpc) is 3.41. The molecule has 35 heavy (non-hydrogen) atoms. The molecule has 0 aromatic heterocycles. The zero-order valence-electron chi connectivity index (χ0n) is 20.8. The van der Waals surface area contributed by atoms with Crippen molar-refractivity contribution in [1.29, 1.82) is 0 Å². The SMILES string of the molecule is C[C@H](CC1NNCN1C)C1CC(C2=CCOCC2)NC(N2CC3C(CCCC3C(F)(F)F)C2=O)C1. The lowest BCUT2D eigenvalue weighted by Gasteiger charge is -2.44. The van der Waals surface area contributed by atoms with Crippen molar-refractivity contribution in [3.63, 3.8) is 0 Å². The lowest BCUT2D eigenvalue weighted by atomic mass is 9.73. The fourth-order valence-corrected chi connectivity index (χ4v) is 7.19. The van der Waals surface area contributed by atoms with Gasteiger partial charge < -0.3 is 9.64 Å². The number of ether oxygens (including phenoxy) is 1. The highest BCUT2D eigenvalue weighted by Gasteiger charge is 2.56. The van der Waals surface area contributed by atoms with Gasteiger partial charge in [-0.25, -0.2) is 10.9 Å². The van der Waals surface area contributed by atoms with Crippen molar-refractivity contribution in [2.75, 3.05) is 33.5 Å². The van der Waals surface area contributed by atoms with E-state index in [4.69, 9.17) is 4.74 Å². The maximum atomic E-state index is 13.8. The van der Waals surface area contributed by atoms with Crippen LogP contribution in [0.15, 0.2) is 11.6 Å². The highest BCUT2D eigenvalue weighted by Crippen LogP contribution is 2.49. The number of nitrogens with one attached hydrogen (secondary N) is 3. The van der Waals surface area contributed by atoms with Crippen molar-refractivity contribution in [3.05, 3.63) is 11.6 Å². The Hall–Kier alpha value is -1.20. The summed E-state index contributed by atoms with van der Waals surface area (Å²) < 4.78 is 46.9. The van der Waals surface area contributed by atoms with Crippen LogP contribution in [-0.2, 0) is 9.53 Å². The molecule has 0 radical (unpaired) electrons. The van der Waals surface area contributed by atoms with E-state index >= 15 is 0 Å². The molecule has 5 rings (SSSR count). The van der Waals surface area contributed by atoms with Gasteiger partial charge >= 0.3 is 6.18 Å². The van der Waals surface area contributed by atoms with Crippen molar-refractivity contribution in [3.8, 4) is 0 Å². The standard InChI is InChI=1S/C25H40F3N5O2/c1-15(10-23-31-29-14-32(23)2)17-11-21(16-6-8-35-9-7-16)30-22(12-17)33-13-19-18(24(33)34)4-3-5-20(19)25(26,27)28/h6,15,17-23,29-31H,3-5,7-14H2,1-2H3/t15-,17?,18?,19?,20?,21?,22?,23?/m1/s1. The molecule has 10 heteroatoms. The zero-order chi connectivity index (χ0) is 24.7. The second-order valence-corrected chi connectivity index (χ2v) is 11.4. The molecule has 198 valence electrons. The smallest absolute Gasteiger partial charge is 0.377 e. The van der Waals surface area contributed by atoms with Crippen molar-refractivity contribution in [1.82, 2.24) is 26.0 Å². The molecule has 4 heterocycles. The van der Waals surface area contributed by atoms with Crippen molar-refractivity contribution >= 4 is 5.91 Å². The second-order valence-electron chi connectivity index (χ2n) is 11.4. The summed E-state index contributed by atoms with van der Waals surface area (Å²) in [6, 6.07) is 0.131. The van der Waals surface area contributed by atoms with Crippen molar-refractivity contribution < 1.29 is 22.7 Å². The summed E-state index contributed by atoms with van der Waals surface area (Å²) in [5.41, 5.74) is 7.84. The number of hydrazine groups is 1. The number of carbonyl (C=O) groups is 1. The van der Waals surface area contributed by atoms with Gasteiger partial charge in [0.2, 0.25) is 5.91 Å². The number of nitrogens with zero attached hydrogens (tertiary/aromatic N) is 2. The predicted octanol–water partition coefficient (Wildman–Crippen LogP) is 2.81. The largest absolute Gasteiger partial charge is 0.392 e. The first-order valence-corrected chi connectivity index (χ1v) is 13.3. The van der Waals surface area contributed by atoms with Crippen LogP contribution in [-0.4, -0.2) is 73.7 Å². The van der Waals surface area contributed by atoms with Gasteiger partial charge in [0, 0.05) is 18.5 Å². The first-order chi connectivity index (χ1) is 16.7. The fourth-order valence-electron chi connectivity index (χ4n) is 7.19. The molecular formula is C25H40F3N5O2. The molecule has 4 aliphatic heterocycles. The Morgan fingerprint density at radius 2 is 2.09 bits per heavy atom. The molecule has 4 fully saturated rings. The summed E-state index contributed by atoms with van der Waals surface area (Å²) in [6.07, 6.45) is 2.75. The van der Waals surface area contributed by atoms with Crippen LogP contribution in [0.2, 0.25) is 0 Å². The van der Waals surface area contributed by atoms with Gasteiger partial charge in [-0.3, -0.25) is 15.0 Å². The van der Waals surface area contributed by atoms with Crippen LogP contribution in [0.1, 0.15) is 51.9 Å². The number of halogens is 3. The molecule has 7 nitrogen and oxygen atoms in total. The van der Waals surface area contributed by atoms with Crippen molar-refractivity contribution in [2.45, 2.75) is 76.4 Å². The first-order valence-electron chi connectivity index (χ1n) is 13.3. The maximum Gasteiger partial charge on any atom is 0.392 e. The summed E-state index contributed by atoms with van der Waals surface area (Å²) in [6.45, 7) is 4.59. The van der Waals surface area contributed by atoms with Crippen LogP contribution in [0.3, 0.4) is 0 Å². The number of piperidine rings is 1. The topological polar surface area (TPSA) is 68.9 Å². The number of rotatable bonds is 5. The van der Waals surface area contributed by atoms with Gasteiger partial charge in [0.15, 0.2) is 0 Å². The molecule has 3 saturated heterocycles. The van der Waals surface area contributed by atoms with Gasteiger partial charge in [0.05, 0.1) is 38.1 Å². The Balaban J connectivity index is 1.34. The molecule has 8 atom stereocenters. The molecule has 7 unspecified atom stereocenters. The Labute approximate surface area is 206 Å². The zero-order valence-corrected chi connectivity index (χ0v) is 20.8. The van der Waals surface area contributed by atoms with E-state index in [1.54, 1.807) is 4.90 Å². The van der Waals surface area contributed by atoms with Crippen molar-refractivity contribution in [2.24, 2.45) is 29.6 Å². The molecule has 0 aromatic carbocycles.